The Morgan fingerprint density at radius 3 is 2.47 bits per heavy atom. The highest BCUT2D eigenvalue weighted by atomic mass is 35.5. The zero-order chi connectivity index (χ0) is 13.8. The first-order valence-corrected chi connectivity index (χ1v) is 6.75. The summed E-state index contributed by atoms with van der Waals surface area (Å²) >= 11 is 11.8. The first-order valence-electron chi connectivity index (χ1n) is 5.99. The van der Waals surface area contributed by atoms with Gasteiger partial charge in [0.15, 0.2) is 0 Å². The van der Waals surface area contributed by atoms with E-state index in [4.69, 9.17) is 23.2 Å². The van der Waals surface area contributed by atoms with E-state index in [1.807, 2.05) is 37.3 Å². The summed E-state index contributed by atoms with van der Waals surface area (Å²) in [6.07, 6.45) is 0. The van der Waals surface area contributed by atoms with Crippen molar-refractivity contribution in [2.24, 2.45) is 0 Å². The second-order valence-corrected chi connectivity index (χ2v) is 5.18. The van der Waals surface area contributed by atoms with Crippen LogP contribution in [0.25, 0.3) is 0 Å². The molecule has 0 aromatic heterocycles. The van der Waals surface area contributed by atoms with E-state index in [2.05, 4.69) is 5.32 Å². The third-order valence-corrected chi connectivity index (χ3v) is 3.68. The van der Waals surface area contributed by atoms with Crippen molar-refractivity contribution in [3.05, 3.63) is 69.5 Å². The van der Waals surface area contributed by atoms with Gasteiger partial charge in [0.1, 0.15) is 5.82 Å². The average Bonchev–Trinajstić information content (AvgIpc) is 2.41. The van der Waals surface area contributed by atoms with Gasteiger partial charge in [-0.1, -0.05) is 47.5 Å². The van der Waals surface area contributed by atoms with Crippen LogP contribution in [0.4, 0.5) is 4.39 Å². The van der Waals surface area contributed by atoms with E-state index in [1.54, 1.807) is 6.07 Å². The van der Waals surface area contributed by atoms with Gasteiger partial charge in [0.2, 0.25) is 0 Å². The van der Waals surface area contributed by atoms with Crippen molar-refractivity contribution >= 4 is 23.2 Å². The first-order chi connectivity index (χ1) is 9.08. The van der Waals surface area contributed by atoms with Gasteiger partial charge in [-0.3, -0.25) is 0 Å². The number of rotatable bonds is 4. The van der Waals surface area contributed by atoms with E-state index < -0.39 is 0 Å². The summed E-state index contributed by atoms with van der Waals surface area (Å²) in [5.74, 6) is -0.389. The van der Waals surface area contributed by atoms with Crippen LogP contribution in [0.1, 0.15) is 24.1 Å². The van der Waals surface area contributed by atoms with Crippen molar-refractivity contribution < 1.29 is 4.39 Å². The summed E-state index contributed by atoms with van der Waals surface area (Å²) in [4.78, 5) is 0. The average molecular weight is 298 g/mol. The molecule has 0 unspecified atom stereocenters. The summed E-state index contributed by atoms with van der Waals surface area (Å²) in [5, 5.41) is 4.20. The van der Waals surface area contributed by atoms with Crippen LogP contribution in [-0.2, 0) is 6.54 Å². The van der Waals surface area contributed by atoms with Crippen LogP contribution in [-0.4, -0.2) is 0 Å². The minimum absolute atomic E-state index is 0.136. The molecule has 0 aliphatic rings. The van der Waals surface area contributed by atoms with Gasteiger partial charge in [0, 0.05) is 17.6 Å². The Balaban J connectivity index is 2.02. The van der Waals surface area contributed by atoms with Gasteiger partial charge >= 0.3 is 0 Å². The Labute approximate surface area is 122 Å². The predicted molar refractivity (Wildman–Crippen MR) is 78.1 cm³/mol. The Bertz CT molecular complexity index is 555. The van der Waals surface area contributed by atoms with E-state index in [1.165, 1.54) is 6.07 Å². The molecule has 100 valence electrons. The lowest BCUT2D eigenvalue weighted by Gasteiger charge is -2.15. The molecular weight excluding hydrogens is 284 g/mol. The molecule has 0 radical (unpaired) electrons. The highest BCUT2D eigenvalue weighted by molar-refractivity contribution is 6.31. The smallest absolute Gasteiger partial charge is 0.142 e. The van der Waals surface area contributed by atoms with E-state index in [0.29, 0.717) is 11.6 Å². The number of hydrogen-bond donors (Lipinski definition) is 1. The highest BCUT2D eigenvalue weighted by Gasteiger charge is 2.08. The molecule has 2 rings (SSSR count). The molecule has 0 spiro atoms. The molecule has 0 saturated heterocycles. The summed E-state index contributed by atoms with van der Waals surface area (Å²) < 4.78 is 13.3. The Morgan fingerprint density at radius 2 is 1.79 bits per heavy atom. The molecule has 1 nitrogen and oxygen atoms in total. The monoisotopic (exact) mass is 297 g/mol. The van der Waals surface area contributed by atoms with E-state index in [-0.39, 0.29) is 16.9 Å². The molecule has 0 bridgehead atoms. The van der Waals surface area contributed by atoms with Gasteiger partial charge < -0.3 is 5.32 Å². The second-order valence-electron chi connectivity index (χ2n) is 4.37. The van der Waals surface area contributed by atoms with Crippen molar-refractivity contribution in [1.29, 1.82) is 0 Å². The van der Waals surface area contributed by atoms with Crippen molar-refractivity contribution in [1.82, 2.24) is 5.32 Å². The third-order valence-electron chi connectivity index (χ3n) is 3.00. The van der Waals surface area contributed by atoms with Crippen LogP contribution in [0.5, 0.6) is 0 Å². The van der Waals surface area contributed by atoms with Crippen LogP contribution in [0.2, 0.25) is 10.0 Å². The predicted octanol–water partition coefficient (Wildman–Crippen LogP) is 4.98. The van der Waals surface area contributed by atoms with Crippen molar-refractivity contribution in [2.45, 2.75) is 19.5 Å². The summed E-state index contributed by atoms with van der Waals surface area (Å²) in [6.45, 7) is 2.55. The van der Waals surface area contributed by atoms with Gasteiger partial charge in [0.25, 0.3) is 0 Å². The number of nitrogens with one attached hydrogen (secondary N) is 1. The van der Waals surface area contributed by atoms with Crippen molar-refractivity contribution in [3.8, 4) is 0 Å². The lowest BCUT2D eigenvalue weighted by Crippen LogP contribution is -2.18. The fraction of sp³-hybridized carbons (Fsp3) is 0.200. The molecule has 0 heterocycles. The van der Waals surface area contributed by atoms with E-state index >= 15 is 0 Å². The van der Waals surface area contributed by atoms with Gasteiger partial charge in [0.05, 0.1) is 5.02 Å². The molecule has 0 saturated carbocycles. The lowest BCUT2D eigenvalue weighted by atomic mass is 10.1. The zero-order valence-corrected chi connectivity index (χ0v) is 12.0. The molecule has 1 atom stereocenters. The Morgan fingerprint density at radius 1 is 1.11 bits per heavy atom. The zero-order valence-electron chi connectivity index (χ0n) is 10.5. The normalized spacial score (nSPS) is 12.4. The maximum absolute atomic E-state index is 13.3. The molecule has 4 heteroatoms. The minimum atomic E-state index is -0.389. The van der Waals surface area contributed by atoms with E-state index in [9.17, 15) is 4.39 Å². The second kappa shape index (κ2) is 6.38. The number of hydrogen-bond acceptors (Lipinski definition) is 1. The summed E-state index contributed by atoms with van der Waals surface area (Å²) in [6, 6.07) is 12.6. The lowest BCUT2D eigenvalue weighted by molar-refractivity contribution is 0.569. The van der Waals surface area contributed by atoms with Crippen LogP contribution < -0.4 is 5.32 Å². The number of halogens is 3. The molecule has 19 heavy (non-hydrogen) atoms. The molecule has 2 aromatic rings. The molecule has 0 aliphatic carbocycles. The Kier molecular flexibility index (Phi) is 4.81. The fourth-order valence-corrected chi connectivity index (χ4v) is 2.14. The summed E-state index contributed by atoms with van der Waals surface area (Å²) in [5.41, 5.74) is 1.87. The van der Waals surface area contributed by atoms with Crippen molar-refractivity contribution in [3.63, 3.8) is 0 Å². The first kappa shape index (κ1) is 14.3. The molecule has 0 aliphatic heterocycles. The number of benzene rings is 2. The van der Waals surface area contributed by atoms with Crippen LogP contribution in [0.3, 0.4) is 0 Å². The largest absolute Gasteiger partial charge is 0.306 e. The molecule has 0 fully saturated rings. The van der Waals surface area contributed by atoms with Gasteiger partial charge in [-0.15, -0.1) is 0 Å². The van der Waals surface area contributed by atoms with Crippen LogP contribution in [0, 0.1) is 5.82 Å². The van der Waals surface area contributed by atoms with Crippen LogP contribution >= 0.6 is 23.2 Å². The van der Waals surface area contributed by atoms with Gasteiger partial charge in [-0.05, 0) is 36.2 Å². The standard InChI is InChI=1S/C15H14Cl2FN/c1-10(11-5-7-13(16)8-6-11)19-9-12-3-2-4-14(18)15(12)17/h2-8,10,19H,9H2,1H3/t10-/m0/s1. The highest BCUT2D eigenvalue weighted by Crippen LogP contribution is 2.21. The van der Waals surface area contributed by atoms with Crippen LogP contribution in [0.15, 0.2) is 42.5 Å². The maximum atomic E-state index is 13.3. The van der Waals surface area contributed by atoms with E-state index in [0.717, 1.165) is 11.1 Å². The minimum Gasteiger partial charge on any atom is -0.306 e. The summed E-state index contributed by atoms with van der Waals surface area (Å²) in [7, 11) is 0. The quantitative estimate of drug-likeness (QED) is 0.839. The molecule has 0 amide bonds. The van der Waals surface area contributed by atoms with Gasteiger partial charge in [-0.25, -0.2) is 4.39 Å². The van der Waals surface area contributed by atoms with Crippen molar-refractivity contribution in [2.75, 3.05) is 0 Å². The molecule has 2 aromatic carbocycles. The maximum Gasteiger partial charge on any atom is 0.142 e. The fourth-order valence-electron chi connectivity index (χ4n) is 1.82. The molecular formula is C15H14Cl2FN. The topological polar surface area (TPSA) is 12.0 Å². The third kappa shape index (κ3) is 3.69. The molecule has 1 N–H and O–H groups in total. The van der Waals surface area contributed by atoms with Gasteiger partial charge in [-0.2, -0.15) is 0 Å². The SMILES string of the molecule is C[C@H](NCc1cccc(F)c1Cl)c1ccc(Cl)cc1. The Hall–Kier alpha value is -1.09.